The van der Waals surface area contributed by atoms with Gasteiger partial charge in [-0.2, -0.15) is 0 Å². The number of nitrogens with one attached hydrogen (secondary N) is 1. The van der Waals surface area contributed by atoms with E-state index in [9.17, 15) is 4.79 Å². The van der Waals surface area contributed by atoms with Gasteiger partial charge in [0.05, 0.1) is 5.25 Å². The number of carbonyl (C=O) groups is 1. The molecule has 6 heteroatoms. The number of amides is 1. The second kappa shape index (κ2) is 7.74. The third kappa shape index (κ3) is 4.32. The highest BCUT2D eigenvalue weighted by Crippen LogP contribution is 2.27. The van der Waals surface area contributed by atoms with Gasteiger partial charge in [-0.3, -0.25) is 4.79 Å². The molecule has 0 aliphatic carbocycles. The fourth-order valence-corrected chi connectivity index (χ4v) is 3.02. The van der Waals surface area contributed by atoms with E-state index < -0.39 is 0 Å². The normalized spacial score (nSPS) is 12.0. The van der Waals surface area contributed by atoms with Crippen molar-refractivity contribution in [3.63, 3.8) is 0 Å². The molecule has 0 radical (unpaired) electrons. The van der Waals surface area contributed by atoms with Crippen molar-refractivity contribution in [3.05, 3.63) is 59.2 Å². The van der Waals surface area contributed by atoms with Gasteiger partial charge in [-0.15, -0.1) is 10.2 Å². The molecule has 1 atom stereocenters. The van der Waals surface area contributed by atoms with Crippen LogP contribution in [0.5, 0.6) is 0 Å². The molecule has 1 N–H and O–H groups in total. The summed E-state index contributed by atoms with van der Waals surface area (Å²) in [4.78, 5) is 12.3. The predicted octanol–water partition coefficient (Wildman–Crippen LogP) is 4.78. The molecular weight excluding hydrogens is 346 g/mol. The maximum atomic E-state index is 12.3. The van der Waals surface area contributed by atoms with Crippen LogP contribution in [0.25, 0.3) is 11.5 Å². The summed E-state index contributed by atoms with van der Waals surface area (Å²) in [7, 11) is 0. The number of benzene rings is 2. The van der Waals surface area contributed by atoms with E-state index in [0.717, 1.165) is 16.8 Å². The number of nitrogens with zero attached hydrogens (tertiary/aromatic N) is 2. The zero-order chi connectivity index (χ0) is 18.7. The van der Waals surface area contributed by atoms with E-state index in [1.165, 1.54) is 22.9 Å². The summed E-state index contributed by atoms with van der Waals surface area (Å²) >= 11 is 1.24. The zero-order valence-electron chi connectivity index (χ0n) is 15.2. The molecule has 0 bridgehead atoms. The maximum absolute atomic E-state index is 12.3. The van der Waals surface area contributed by atoms with Crippen molar-refractivity contribution in [1.29, 1.82) is 0 Å². The summed E-state index contributed by atoms with van der Waals surface area (Å²) < 4.78 is 5.71. The fourth-order valence-electron chi connectivity index (χ4n) is 2.33. The maximum Gasteiger partial charge on any atom is 0.277 e. The van der Waals surface area contributed by atoms with E-state index >= 15 is 0 Å². The zero-order valence-corrected chi connectivity index (χ0v) is 16.1. The van der Waals surface area contributed by atoms with Crippen LogP contribution in [0, 0.1) is 20.8 Å². The molecule has 1 amide bonds. The average molecular weight is 367 g/mol. The van der Waals surface area contributed by atoms with E-state index in [0.29, 0.717) is 11.1 Å². The van der Waals surface area contributed by atoms with Crippen LogP contribution in [0.4, 0.5) is 5.69 Å². The van der Waals surface area contributed by atoms with Gasteiger partial charge in [-0.1, -0.05) is 35.5 Å². The highest BCUT2D eigenvalue weighted by Gasteiger charge is 2.19. The first-order valence-electron chi connectivity index (χ1n) is 8.37. The number of thioether (sulfide) groups is 1. The third-order valence-electron chi connectivity index (χ3n) is 4.13. The minimum absolute atomic E-state index is 0.107. The van der Waals surface area contributed by atoms with Gasteiger partial charge in [0, 0.05) is 11.3 Å². The van der Waals surface area contributed by atoms with Gasteiger partial charge in [-0.25, -0.2) is 0 Å². The highest BCUT2D eigenvalue weighted by atomic mass is 32.2. The van der Waals surface area contributed by atoms with Crippen LogP contribution in [-0.2, 0) is 4.79 Å². The van der Waals surface area contributed by atoms with Crippen LogP contribution < -0.4 is 5.32 Å². The SMILES string of the molecule is Cc1ccc(NC(=O)C(C)Sc2nnc(-c3ccc(C)c(C)c3)o2)cc1. The number of carbonyl (C=O) groups excluding carboxylic acids is 1. The summed E-state index contributed by atoms with van der Waals surface area (Å²) in [5, 5.41) is 11.1. The first kappa shape index (κ1) is 18.2. The molecule has 1 unspecified atom stereocenters. The van der Waals surface area contributed by atoms with E-state index in [1.807, 2.05) is 63.2 Å². The summed E-state index contributed by atoms with van der Waals surface area (Å²) in [5.41, 5.74) is 5.18. The Bertz CT molecular complexity index is 919. The molecule has 134 valence electrons. The van der Waals surface area contributed by atoms with Crippen molar-refractivity contribution in [3.8, 4) is 11.5 Å². The Labute approximate surface area is 157 Å². The Balaban J connectivity index is 1.65. The molecule has 0 aliphatic heterocycles. The van der Waals surface area contributed by atoms with Crippen LogP contribution >= 0.6 is 11.8 Å². The number of anilines is 1. The van der Waals surface area contributed by atoms with Crippen molar-refractivity contribution in [2.45, 2.75) is 38.2 Å². The minimum Gasteiger partial charge on any atom is -0.411 e. The molecule has 0 saturated carbocycles. The average Bonchev–Trinajstić information content (AvgIpc) is 3.07. The molecule has 3 aromatic rings. The van der Waals surface area contributed by atoms with Crippen molar-refractivity contribution in [1.82, 2.24) is 10.2 Å². The molecule has 26 heavy (non-hydrogen) atoms. The molecule has 3 rings (SSSR count). The summed E-state index contributed by atoms with van der Waals surface area (Å²) in [6.45, 7) is 7.92. The summed E-state index contributed by atoms with van der Waals surface area (Å²) in [5.74, 6) is 0.353. The number of hydrogen-bond acceptors (Lipinski definition) is 5. The van der Waals surface area contributed by atoms with Crippen molar-refractivity contribution >= 4 is 23.4 Å². The molecule has 2 aromatic carbocycles. The van der Waals surface area contributed by atoms with Crippen LogP contribution in [0.1, 0.15) is 23.6 Å². The van der Waals surface area contributed by atoms with Crippen LogP contribution in [-0.4, -0.2) is 21.4 Å². The lowest BCUT2D eigenvalue weighted by molar-refractivity contribution is -0.115. The molecular formula is C20H21N3O2S. The van der Waals surface area contributed by atoms with Gasteiger partial charge in [0.2, 0.25) is 11.8 Å². The summed E-state index contributed by atoms with van der Waals surface area (Å²) in [6.07, 6.45) is 0. The van der Waals surface area contributed by atoms with Gasteiger partial charge in [0.1, 0.15) is 0 Å². The third-order valence-corrected chi connectivity index (χ3v) is 5.06. The van der Waals surface area contributed by atoms with Crippen molar-refractivity contribution in [2.75, 3.05) is 5.32 Å². The van der Waals surface area contributed by atoms with Gasteiger partial charge < -0.3 is 9.73 Å². The molecule has 0 saturated heterocycles. The number of rotatable bonds is 5. The van der Waals surface area contributed by atoms with Crippen LogP contribution in [0.15, 0.2) is 52.1 Å². The summed E-state index contributed by atoms with van der Waals surface area (Å²) in [6, 6.07) is 13.7. The van der Waals surface area contributed by atoms with E-state index in [4.69, 9.17) is 4.42 Å². The Morgan fingerprint density at radius 3 is 2.46 bits per heavy atom. The monoisotopic (exact) mass is 367 g/mol. The lowest BCUT2D eigenvalue weighted by Gasteiger charge is -2.10. The smallest absolute Gasteiger partial charge is 0.277 e. The van der Waals surface area contributed by atoms with Crippen molar-refractivity contribution < 1.29 is 9.21 Å². The van der Waals surface area contributed by atoms with Crippen LogP contribution in [0.3, 0.4) is 0 Å². The Morgan fingerprint density at radius 1 is 1.04 bits per heavy atom. The number of hydrogen-bond donors (Lipinski definition) is 1. The standard InChI is InChI=1S/C20H21N3O2S/c1-12-5-9-17(10-6-12)21-18(24)15(4)26-20-23-22-19(25-20)16-8-7-13(2)14(3)11-16/h5-11,15H,1-4H3,(H,21,24). The van der Waals surface area contributed by atoms with E-state index in [2.05, 4.69) is 22.4 Å². The van der Waals surface area contributed by atoms with E-state index in [-0.39, 0.29) is 11.2 Å². The quantitative estimate of drug-likeness (QED) is 0.657. The first-order chi connectivity index (χ1) is 12.4. The highest BCUT2D eigenvalue weighted by molar-refractivity contribution is 8.00. The molecule has 0 spiro atoms. The lowest BCUT2D eigenvalue weighted by atomic mass is 10.1. The molecule has 1 heterocycles. The fraction of sp³-hybridized carbons (Fsp3) is 0.250. The van der Waals surface area contributed by atoms with Gasteiger partial charge >= 0.3 is 0 Å². The number of aromatic nitrogens is 2. The van der Waals surface area contributed by atoms with Crippen molar-refractivity contribution in [2.24, 2.45) is 0 Å². The second-order valence-corrected chi connectivity index (χ2v) is 7.58. The number of aryl methyl sites for hydroxylation is 3. The molecule has 0 aliphatic rings. The van der Waals surface area contributed by atoms with E-state index in [1.54, 1.807) is 0 Å². The van der Waals surface area contributed by atoms with Gasteiger partial charge in [0.25, 0.3) is 5.22 Å². The van der Waals surface area contributed by atoms with Gasteiger partial charge in [-0.05, 0) is 63.1 Å². The Hall–Kier alpha value is -2.60. The van der Waals surface area contributed by atoms with Gasteiger partial charge in [0.15, 0.2) is 0 Å². The topological polar surface area (TPSA) is 68.0 Å². The Morgan fingerprint density at radius 2 is 1.77 bits per heavy atom. The molecule has 0 fully saturated rings. The van der Waals surface area contributed by atoms with Crippen LogP contribution in [0.2, 0.25) is 0 Å². The molecule has 1 aromatic heterocycles. The first-order valence-corrected chi connectivity index (χ1v) is 9.25. The largest absolute Gasteiger partial charge is 0.411 e. The molecule has 5 nitrogen and oxygen atoms in total. The second-order valence-electron chi connectivity index (χ2n) is 6.29. The lowest BCUT2D eigenvalue weighted by Crippen LogP contribution is -2.22. The Kier molecular flexibility index (Phi) is 5.42. The minimum atomic E-state index is -0.357. The predicted molar refractivity (Wildman–Crippen MR) is 104 cm³/mol.